The molecule has 2 heterocycles. The molecule has 0 aliphatic carbocycles. The molecule has 0 aliphatic heterocycles. The van der Waals surface area contributed by atoms with Crippen LogP contribution in [0.25, 0.3) is 5.65 Å². The van der Waals surface area contributed by atoms with Crippen molar-refractivity contribution in [3.05, 3.63) is 30.5 Å². The van der Waals surface area contributed by atoms with Crippen molar-refractivity contribution in [2.45, 2.75) is 0 Å². The summed E-state index contributed by atoms with van der Waals surface area (Å²) in [4.78, 5) is 0. The topological polar surface area (TPSA) is 30.2 Å². The summed E-state index contributed by atoms with van der Waals surface area (Å²) in [6, 6.07) is 2.95. The lowest BCUT2D eigenvalue weighted by Gasteiger charge is -1.89. The van der Waals surface area contributed by atoms with Gasteiger partial charge in [0.05, 0.1) is 0 Å². The van der Waals surface area contributed by atoms with Gasteiger partial charge in [-0.05, 0) is 12.1 Å². The minimum atomic E-state index is -0.347. The predicted molar refractivity (Wildman–Crippen MR) is 32.9 cm³/mol. The summed E-state index contributed by atoms with van der Waals surface area (Å²) in [6.07, 6.45) is 3.15. The number of pyridine rings is 1. The molecule has 0 fully saturated rings. The molecule has 2 aromatic heterocycles. The number of fused-ring (bicyclic) bond motifs is 1. The van der Waals surface area contributed by atoms with E-state index in [9.17, 15) is 4.39 Å². The van der Waals surface area contributed by atoms with E-state index in [2.05, 4.69) is 10.2 Å². The molecule has 0 aromatic carbocycles. The summed E-state index contributed by atoms with van der Waals surface area (Å²) in [5.41, 5.74) is 0.266. The smallest absolute Gasteiger partial charge is 0.196 e. The molecule has 0 N–H and O–H groups in total. The zero-order valence-corrected chi connectivity index (χ0v) is 5.03. The van der Waals surface area contributed by atoms with E-state index in [0.29, 0.717) is 0 Å². The molecule has 2 rings (SSSR count). The summed E-state index contributed by atoms with van der Waals surface area (Å²) in [7, 11) is 0. The molecule has 0 atom stereocenters. The van der Waals surface area contributed by atoms with Gasteiger partial charge in [-0.25, -0.2) is 4.39 Å². The lowest BCUT2D eigenvalue weighted by Crippen LogP contribution is -1.84. The summed E-state index contributed by atoms with van der Waals surface area (Å²) in [5, 5.41) is 7.09. The predicted octanol–water partition coefficient (Wildman–Crippen LogP) is 0.868. The molecule has 0 spiro atoms. The van der Waals surface area contributed by atoms with Crippen LogP contribution in [0.5, 0.6) is 0 Å². The summed E-state index contributed by atoms with van der Waals surface area (Å²) >= 11 is 0. The van der Waals surface area contributed by atoms with Gasteiger partial charge >= 0.3 is 0 Å². The van der Waals surface area contributed by atoms with Crippen LogP contribution in [0.3, 0.4) is 0 Å². The van der Waals surface area contributed by atoms with Crippen LogP contribution in [0.1, 0.15) is 0 Å². The minimum absolute atomic E-state index is 0.266. The molecule has 2 aromatic rings. The maximum absolute atomic E-state index is 12.7. The van der Waals surface area contributed by atoms with Gasteiger partial charge in [-0.2, -0.15) is 0 Å². The van der Waals surface area contributed by atoms with Crippen molar-refractivity contribution < 1.29 is 4.39 Å². The molecule has 3 nitrogen and oxygen atoms in total. The van der Waals surface area contributed by atoms with Gasteiger partial charge in [0.1, 0.15) is 6.33 Å². The minimum Gasteiger partial charge on any atom is -0.287 e. The van der Waals surface area contributed by atoms with Gasteiger partial charge in [-0.3, -0.25) is 4.40 Å². The summed E-state index contributed by atoms with van der Waals surface area (Å²) < 4.78 is 14.2. The maximum atomic E-state index is 12.7. The molecule has 50 valence electrons. The normalized spacial score (nSPS) is 10.5. The molecule has 0 bridgehead atoms. The van der Waals surface area contributed by atoms with Crippen LogP contribution in [0.15, 0.2) is 24.7 Å². The van der Waals surface area contributed by atoms with Crippen LogP contribution in [-0.4, -0.2) is 14.6 Å². The Morgan fingerprint density at radius 3 is 3.20 bits per heavy atom. The first-order chi connectivity index (χ1) is 4.88. The average Bonchev–Trinajstić information content (AvgIpc) is 2.36. The first-order valence-corrected chi connectivity index (χ1v) is 2.82. The van der Waals surface area contributed by atoms with Gasteiger partial charge in [0, 0.05) is 6.20 Å². The third-order valence-electron chi connectivity index (χ3n) is 1.28. The number of nitrogens with zero attached hydrogens (tertiary/aromatic N) is 3. The maximum Gasteiger partial charge on any atom is 0.196 e. The fourth-order valence-corrected chi connectivity index (χ4v) is 0.817. The van der Waals surface area contributed by atoms with E-state index in [0.717, 1.165) is 0 Å². The number of hydrogen-bond acceptors (Lipinski definition) is 2. The highest BCUT2D eigenvalue weighted by Gasteiger charge is 1.98. The van der Waals surface area contributed by atoms with Crippen molar-refractivity contribution in [3.63, 3.8) is 0 Å². The molecule has 0 amide bonds. The van der Waals surface area contributed by atoms with Gasteiger partial charge in [0.2, 0.25) is 0 Å². The number of aromatic nitrogens is 3. The second-order valence-corrected chi connectivity index (χ2v) is 1.92. The number of hydrogen-bond donors (Lipinski definition) is 0. The molecule has 0 aliphatic rings. The van der Waals surface area contributed by atoms with Crippen molar-refractivity contribution in [1.29, 1.82) is 0 Å². The summed E-state index contributed by atoms with van der Waals surface area (Å²) in [5.74, 6) is -0.347. The van der Waals surface area contributed by atoms with E-state index in [1.807, 2.05) is 0 Å². The Morgan fingerprint density at radius 2 is 2.40 bits per heavy atom. The Morgan fingerprint density at radius 1 is 1.50 bits per heavy atom. The number of rotatable bonds is 0. The molecular formula is C6H4FN3. The van der Waals surface area contributed by atoms with Crippen LogP contribution in [-0.2, 0) is 0 Å². The van der Waals surface area contributed by atoms with E-state index in [1.54, 1.807) is 12.3 Å². The van der Waals surface area contributed by atoms with Crippen molar-refractivity contribution in [2.24, 2.45) is 0 Å². The zero-order valence-electron chi connectivity index (χ0n) is 5.03. The highest BCUT2D eigenvalue weighted by atomic mass is 19.1. The molecular weight excluding hydrogens is 133 g/mol. The monoisotopic (exact) mass is 137 g/mol. The van der Waals surface area contributed by atoms with Gasteiger partial charge in [0.15, 0.2) is 11.5 Å². The van der Waals surface area contributed by atoms with Crippen LogP contribution >= 0.6 is 0 Å². The SMILES string of the molecule is Fc1cccn2cnnc12. The van der Waals surface area contributed by atoms with E-state index in [-0.39, 0.29) is 11.5 Å². The number of halogens is 1. The van der Waals surface area contributed by atoms with Crippen LogP contribution in [0.4, 0.5) is 4.39 Å². The molecule has 0 saturated heterocycles. The van der Waals surface area contributed by atoms with E-state index in [4.69, 9.17) is 0 Å². The van der Waals surface area contributed by atoms with Gasteiger partial charge in [-0.1, -0.05) is 0 Å². The summed E-state index contributed by atoms with van der Waals surface area (Å²) in [6.45, 7) is 0. The van der Waals surface area contributed by atoms with E-state index >= 15 is 0 Å². The quantitative estimate of drug-likeness (QED) is 0.539. The zero-order chi connectivity index (χ0) is 6.97. The van der Waals surface area contributed by atoms with Crippen molar-refractivity contribution >= 4 is 5.65 Å². The first kappa shape index (κ1) is 5.34. The average molecular weight is 137 g/mol. The van der Waals surface area contributed by atoms with E-state index in [1.165, 1.54) is 16.8 Å². The van der Waals surface area contributed by atoms with Gasteiger partial charge in [0.25, 0.3) is 0 Å². The third kappa shape index (κ3) is 0.586. The third-order valence-corrected chi connectivity index (χ3v) is 1.28. The van der Waals surface area contributed by atoms with Crippen LogP contribution in [0, 0.1) is 5.82 Å². The fraction of sp³-hybridized carbons (Fsp3) is 0. The molecule has 0 radical (unpaired) electrons. The Bertz CT molecular complexity index is 355. The highest BCUT2D eigenvalue weighted by Crippen LogP contribution is 2.02. The largest absolute Gasteiger partial charge is 0.287 e. The van der Waals surface area contributed by atoms with E-state index < -0.39 is 0 Å². The second kappa shape index (κ2) is 1.76. The first-order valence-electron chi connectivity index (χ1n) is 2.82. The second-order valence-electron chi connectivity index (χ2n) is 1.92. The van der Waals surface area contributed by atoms with Crippen molar-refractivity contribution in [1.82, 2.24) is 14.6 Å². The Labute approximate surface area is 56.1 Å². The molecule has 10 heavy (non-hydrogen) atoms. The Hall–Kier alpha value is -1.45. The fourth-order valence-electron chi connectivity index (χ4n) is 0.817. The van der Waals surface area contributed by atoms with Gasteiger partial charge in [-0.15, -0.1) is 10.2 Å². The molecule has 0 saturated carbocycles. The standard InChI is InChI=1S/C6H4FN3/c7-5-2-1-3-10-4-8-9-6(5)10/h1-4H. The van der Waals surface area contributed by atoms with Crippen molar-refractivity contribution in [2.75, 3.05) is 0 Å². The Balaban J connectivity index is 2.95. The Kier molecular flexibility index (Phi) is 0.943. The van der Waals surface area contributed by atoms with Gasteiger partial charge < -0.3 is 0 Å². The highest BCUT2D eigenvalue weighted by molar-refractivity contribution is 5.37. The van der Waals surface area contributed by atoms with Crippen LogP contribution in [0.2, 0.25) is 0 Å². The van der Waals surface area contributed by atoms with Crippen molar-refractivity contribution in [3.8, 4) is 0 Å². The van der Waals surface area contributed by atoms with Crippen LogP contribution < -0.4 is 0 Å². The molecule has 4 heteroatoms. The molecule has 0 unspecified atom stereocenters. The lowest BCUT2D eigenvalue weighted by atomic mass is 10.4. The lowest BCUT2D eigenvalue weighted by molar-refractivity contribution is 0.629.